The molecule has 0 radical (unpaired) electrons. The van der Waals surface area contributed by atoms with Crippen LogP contribution in [0.15, 0.2) is 58.3 Å². The van der Waals surface area contributed by atoms with Crippen molar-refractivity contribution in [2.75, 3.05) is 32.8 Å². The molecule has 1 fully saturated rings. The number of piperidine rings is 1. The Bertz CT molecular complexity index is 1190. The lowest BCUT2D eigenvalue weighted by molar-refractivity contribution is -0.123. The van der Waals surface area contributed by atoms with Crippen LogP contribution in [-0.4, -0.2) is 64.1 Å². The Labute approximate surface area is 208 Å². The van der Waals surface area contributed by atoms with Crippen LogP contribution >= 0.6 is 0 Å². The third kappa shape index (κ3) is 6.81. The van der Waals surface area contributed by atoms with Crippen LogP contribution in [0.25, 0.3) is 0 Å². The molecule has 1 amide bonds. The lowest BCUT2D eigenvalue weighted by atomic mass is 10.2. The van der Waals surface area contributed by atoms with Crippen molar-refractivity contribution in [2.24, 2.45) is 0 Å². The van der Waals surface area contributed by atoms with Gasteiger partial charge in [0.25, 0.3) is 5.91 Å². The van der Waals surface area contributed by atoms with Crippen molar-refractivity contribution in [1.29, 1.82) is 0 Å². The first kappa shape index (κ1) is 27.1. The number of benzene rings is 2. The molecule has 0 atom stereocenters. The lowest BCUT2D eigenvalue weighted by Crippen LogP contribution is -2.35. The zero-order valence-electron chi connectivity index (χ0n) is 20.1. The average Bonchev–Trinajstić information content (AvgIpc) is 2.88. The first-order valence-electron chi connectivity index (χ1n) is 11.8. The summed E-state index contributed by atoms with van der Waals surface area (Å²) in [6.07, 6.45) is 2.81. The molecule has 0 spiro atoms. The summed E-state index contributed by atoms with van der Waals surface area (Å²) in [5.74, 6) is 0.0285. The Morgan fingerprint density at radius 2 is 1.46 bits per heavy atom. The second-order valence-electron chi connectivity index (χ2n) is 8.23. The Balaban J connectivity index is 1.49. The van der Waals surface area contributed by atoms with Crippen molar-refractivity contribution in [3.63, 3.8) is 0 Å². The first-order chi connectivity index (χ1) is 16.7. The minimum atomic E-state index is -3.55. The van der Waals surface area contributed by atoms with Gasteiger partial charge < -0.3 is 10.1 Å². The van der Waals surface area contributed by atoms with Gasteiger partial charge >= 0.3 is 0 Å². The minimum absolute atomic E-state index is 0.170. The van der Waals surface area contributed by atoms with Crippen molar-refractivity contribution >= 4 is 26.0 Å². The van der Waals surface area contributed by atoms with Crippen LogP contribution in [0.4, 0.5) is 0 Å². The number of hydrogen-bond acceptors (Lipinski definition) is 6. The quantitative estimate of drug-likeness (QED) is 0.484. The molecule has 1 heterocycles. The molecule has 2 aromatic carbocycles. The van der Waals surface area contributed by atoms with Gasteiger partial charge in [0.1, 0.15) is 5.75 Å². The molecule has 0 bridgehead atoms. The number of hydrogen-bond donors (Lipinski definition) is 1. The van der Waals surface area contributed by atoms with Crippen molar-refractivity contribution in [2.45, 2.75) is 49.4 Å². The highest BCUT2D eigenvalue weighted by atomic mass is 32.2. The number of nitrogens with zero attached hydrogens (tertiary/aromatic N) is 2. The maximum atomic E-state index is 12.7. The van der Waals surface area contributed by atoms with Gasteiger partial charge in [0.2, 0.25) is 20.0 Å². The van der Waals surface area contributed by atoms with Gasteiger partial charge in [-0.2, -0.15) is 8.61 Å². The van der Waals surface area contributed by atoms with Crippen LogP contribution < -0.4 is 10.1 Å². The van der Waals surface area contributed by atoms with Crippen LogP contribution in [0.5, 0.6) is 5.75 Å². The molecule has 0 unspecified atom stereocenters. The molecule has 1 N–H and O–H groups in total. The van der Waals surface area contributed by atoms with Crippen LogP contribution in [0.3, 0.4) is 0 Å². The van der Waals surface area contributed by atoms with E-state index in [9.17, 15) is 21.6 Å². The summed E-state index contributed by atoms with van der Waals surface area (Å²) in [4.78, 5) is 12.6. The van der Waals surface area contributed by atoms with E-state index in [0.29, 0.717) is 31.9 Å². The highest BCUT2D eigenvalue weighted by Gasteiger charge is 2.25. The van der Waals surface area contributed by atoms with Gasteiger partial charge in [0.05, 0.1) is 9.79 Å². The Morgan fingerprint density at radius 3 is 2.03 bits per heavy atom. The predicted molar refractivity (Wildman–Crippen MR) is 133 cm³/mol. The van der Waals surface area contributed by atoms with E-state index in [1.807, 2.05) is 0 Å². The molecule has 11 heteroatoms. The molecule has 0 saturated carbocycles. The van der Waals surface area contributed by atoms with Crippen molar-refractivity contribution in [3.8, 4) is 5.75 Å². The summed E-state index contributed by atoms with van der Waals surface area (Å²) >= 11 is 0. The molecule has 1 saturated heterocycles. The zero-order valence-corrected chi connectivity index (χ0v) is 21.8. The SMILES string of the molecule is CCN(CC)S(=O)(=O)c1ccc(OCC(=O)NCc2ccc(S(=O)(=O)N3CCCCC3)cc2)cc1. The molecule has 9 nitrogen and oxygen atoms in total. The Kier molecular flexibility index (Phi) is 9.28. The zero-order chi connectivity index (χ0) is 25.5. The van der Waals surface area contributed by atoms with Crippen LogP contribution in [-0.2, 0) is 31.4 Å². The number of sulfonamides is 2. The summed E-state index contributed by atoms with van der Waals surface area (Å²) in [6.45, 7) is 5.43. The smallest absolute Gasteiger partial charge is 0.258 e. The summed E-state index contributed by atoms with van der Waals surface area (Å²) in [7, 11) is -7.03. The summed E-state index contributed by atoms with van der Waals surface area (Å²) < 4.78 is 58.9. The van der Waals surface area contributed by atoms with Gasteiger partial charge in [0.15, 0.2) is 6.61 Å². The second kappa shape index (κ2) is 12.0. The van der Waals surface area contributed by atoms with Crippen molar-refractivity contribution in [1.82, 2.24) is 13.9 Å². The van der Waals surface area contributed by atoms with E-state index in [4.69, 9.17) is 4.74 Å². The van der Waals surface area contributed by atoms with E-state index < -0.39 is 20.0 Å². The molecule has 192 valence electrons. The topological polar surface area (TPSA) is 113 Å². The molecule has 1 aliphatic rings. The van der Waals surface area contributed by atoms with E-state index in [0.717, 1.165) is 24.8 Å². The highest BCUT2D eigenvalue weighted by molar-refractivity contribution is 7.89. The highest BCUT2D eigenvalue weighted by Crippen LogP contribution is 2.21. The standard InChI is InChI=1S/C24H33N3O6S2/c1-3-26(4-2)34(29,30)23-14-10-21(11-15-23)33-19-24(28)25-18-20-8-12-22(13-9-20)35(31,32)27-16-6-5-7-17-27/h8-15H,3-7,16-19H2,1-2H3,(H,25,28). The fourth-order valence-electron chi connectivity index (χ4n) is 3.85. The maximum absolute atomic E-state index is 12.7. The fraction of sp³-hybridized carbons (Fsp3) is 0.458. The fourth-order valence-corrected chi connectivity index (χ4v) is 6.83. The number of nitrogens with one attached hydrogen (secondary N) is 1. The van der Waals surface area contributed by atoms with Crippen molar-refractivity contribution < 1.29 is 26.4 Å². The van der Waals surface area contributed by atoms with Crippen LogP contribution in [0.1, 0.15) is 38.7 Å². The second-order valence-corrected chi connectivity index (χ2v) is 12.1. The van der Waals surface area contributed by atoms with Gasteiger partial charge in [-0.3, -0.25) is 4.79 Å². The predicted octanol–water partition coefficient (Wildman–Crippen LogP) is 2.59. The average molecular weight is 524 g/mol. The van der Waals surface area contributed by atoms with E-state index in [-0.39, 0.29) is 28.8 Å². The number of carbonyl (C=O) groups excluding carboxylic acids is 1. The van der Waals surface area contributed by atoms with E-state index in [1.165, 1.54) is 32.9 Å². The number of rotatable bonds is 11. The van der Waals surface area contributed by atoms with E-state index in [2.05, 4.69) is 5.32 Å². The van der Waals surface area contributed by atoms with E-state index >= 15 is 0 Å². The number of ether oxygens (including phenoxy) is 1. The first-order valence-corrected chi connectivity index (χ1v) is 14.6. The summed E-state index contributed by atoms with van der Waals surface area (Å²) in [6, 6.07) is 12.5. The lowest BCUT2D eigenvalue weighted by Gasteiger charge is -2.25. The van der Waals surface area contributed by atoms with Crippen LogP contribution in [0.2, 0.25) is 0 Å². The monoisotopic (exact) mass is 523 g/mol. The van der Waals surface area contributed by atoms with Gasteiger partial charge in [-0.05, 0) is 54.8 Å². The molecule has 1 aliphatic heterocycles. The normalized spacial score (nSPS) is 15.2. The summed E-state index contributed by atoms with van der Waals surface area (Å²) in [5, 5.41) is 2.73. The molecule has 35 heavy (non-hydrogen) atoms. The van der Waals surface area contributed by atoms with Gasteiger partial charge in [-0.1, -0.05) is 32.4 Å². The molecule has 0 aromatic heterocycles. The molecular formula is C24H33N3O6S2. The van der Waals surface area contributed by atoms with Gasteiger partial charge in [0, 0.05) is 32.7 Å². The third-order valence-electron chi connectivity index (χ3n) is 5.90. The summed E-state index contributed by atoms with van der Waals surface area (Å²) in [5.41, 5.74) is 0.766. The molecule has 3 rings (SSSR count). The Morgan fingerprint density at radius 1 is 0.886 bits per heavy atom. The largest absolute Gasteiger partial charge is 0.484 e. The van der Waals surface area contributed by atoms with Gasteiger partial charge in [-0.25, -0.2) is 16.8 Å². The molecule has 2 aromatic rings. The Hall–Kier alpha value is -2.47. The van der Waals surface area contributed by atoms with E-state index in [1.54, 1.807) is 38.1 Å². The number of amides is 1. The van der Waals surface area contributed by atoms with Gasteiger partial charge in [-0.15, -0.1) is 0 Å². The molecular weight excluding hydrogens is 490 g/mol. The number of carbonyl (C=O) groups is 1. The van der Waals surface area contributed by atoms with Crippen molar-refractivity contribution in [3.05, 3.63) is 54.1 Å². The molecule has 0 aliphatic carbocycles. The van der Waals surface area contributed by atoms with Crippen LogP contribution in [0, 0.1) is 0 Å². The minimum Gasteiger partial charge on any atom is -0.484 e. The maximum Gasteiger partial charge on any atom is 0.258 e. The third-order valence-corrected chi connectivity index (χ3v) is 9.88.